The summed E-state index contributed by atoms with van der Waals surface area (Å²) in [5.41, 5.74) is 2.29. The van der Waals surface area contributed by atoms with Crippen LogP contribution in [0.25, 0.3) is 0 Å². The molecule has 0 aliphatic rings. The minimum atomic E-state index is -3.56. The summed E-state index contributed by atoms with van der Waals surface area (Å²) in [5, 5.41) is 4.36. The fraction of sp³-hybridized carbons (Fsp3) is 0.150. The number of carbonyl (C=O) groups excluding carboxylic acids is 1. The number of hydrogen-bond donors (Lipinski definition) is 2. The number of para-hydroxylation sites is 1. The van der Waals surface area contributed by atoms with Crippen LogP contribution in [0.1, 0.15) is 12.5 Å². The maximum absolute atomic E-state index is 12.4. The summed E-state index contributed by atoms with van der Waals surface area (Å²) < 4.78 is 27.3. The first kappa shape index (κ1) is 20.4. The second-order valence-electron chi connectivity index (χ2n) is 6.13. The Morgan fingerprint density at radius 2 is 1.75 bits per heavy atom. The van der Waals surface area contributed by atoms with Crippen molar-refractivity contribution in [1.29, 1.82) is 0 Å². The zero-order valence-electron chi connectivity index (χ0n) is 15.4. The van der Waals surface area contributed by atoms with Gasteiger partial charge in [-0.2, -0.15) is 0 Å². The molecule has 1 atom stereocenters. The van der Waals surface area contributed by atoms with E-state index in [-0.39, 0.29) is 15.4 Å². The molecule has 0 bridgehead atoms. The van der Waals surface area contributed by atoms with Crippen molar-refractivity contribution >= 4 is 50.4 Å². The van der Waals surface area contributed by atoms with E-state index in [1.54, 1.807) is 41.8 Å². The van der Waals surface area contributed by atoms with Crippen molar-refractivity contribution in [2.45, 2.75) is 28.2 Å². The number of thiophene rings is 1. The van der Waals surface area contributed by atoms with Gasteiger partial charge in [0.25, 0.3) is 10.0 Å². The lowest BCUT2D eigenvalue weighted by Gasteiger charge is -2.14. The topological polar surface area (TPSA) is 75.3 Å². The molecule has 0 radical (unpaired) electrons. The minimum absolute atomic E-state index is 0.0817. The highest BCUT2D eigenvalue weighted by atomic mass is 32.2. The zero-order chi connectivity index (χ0) is 20.1. The van der Waals surface area contributed by atoms with Crippen LogP contribution < -0.4 is 10.0 Å². The maximum Gasteiger partial charge on any atom is 0.271 e. The van der Waals surface area contributed by atoms with Crippen LogP contribution in [-0.2, 0) is 14.8 Å². The summed E-state index contributed by atoms with van der Waals surface area (Å²) in [6, 6.07) is 17.9. The Bertz CT molecular complexity index is 1050. The molecule has 0 saturated carbocycles. The molecule has 1 aromatic heterocycles. The first-order valence-electron chi connectivity index (χ1n) is 8.55. The summed E-state index contributed by atoms with van der Waals surface area (Å²) in [4.78, 5) is 13.3. The molecule has 0 aliphatic carbocycles. The SMILES string of the molecule is Cc1ccccc1NC(=O)C(C)Sc1ccc(NS(=O)(=O)c2cccs2)cc1. The third kappa shape index (κ3) is 5.15. The van der Waals surface area contributed by atoms with Crippen LogP contribution in [0.15, 0.2) is 75.1 Å². The largest absolute Gasteiger partial charge is 0.325 e. The van der Waals surface area contributed by atoms with Crippen molar-refractivity contribution in [2.75, 3.05) is 10.0 Å². The molecule has 3 aromatic rings. The quantitative estimate of drug-likeness (QED) is 0.517. The number of thioether (sulfide) groups is 1. The van der Waals surface area contributed by atoms with Crippen LogP contribution in [0.5, 0.6) is 0 Å². The summed E-state index contributed by atoms with van der Waals surface area (Å²) in [6.45, 7) is 3.79. The lowest BCUT2D eigenvalue weighted by molar-refractivity contribution is -0.115. The van der Waals surface area contributed by atoms with Gasteiger partial charge in [0.15, 0.2) is 0 Å². The first-order chi connectivity index (χ1) is 13.3. The van der Waals surface area contributed by atoms with E-state index in [0.29, 0.717) is 5.69 Å². The highest BCUT2D eigenvalue weighted by molar-refractivity contribution is 8.00. The molecule has 0 aliphatic heterocycles. The van der Waals surface area contributed by atoms with Crippen LogP contribution in [0.3, 0.4) is 0 Å². The summed E-state index contributed by atoms with van der Waals surface area (Å²) >= 11 is 2.58. The molecule has 2 N–H and O–H groups in total. The number of benzene rings is 2. The van der Waals surface area contributed by atoms with E-state index < -0.39 is 10.0 Å². The van der Waals surface area contributed by atoms with Gasteiger partial charge in [-0.15, -0.1) is 23.1 Å². The standard InChI is InChI=1S/C20H20N2O3S3/c1-14-6-3-4-7-18(14)21-20(23)15(2)27-17-11-9-16(10-12-17)22-28(24,25)19-8-5-13-26-19/h3-13,15,22H,1-2H3,(H,21,23). The second-order valence-corrected chi connectivity index (χ2v) is 10.4. The van der Waals surface area contributed by atoms with Crippen LogP contribution in [0.4, 0.5) is 11.4 Å². The molecular formula is C20H20N2O3S3. The Labute approximate surface area is 173 Å². The monoisotopic (exact) mass is 432 g/mol. The van der Waals surface area contributed by atoms with Crippen molar-refractivity contribution in [3.63, 3.8) is 0 Å². The van der Waals surface area contributed by atoms with Gasteiger partial charge in [-0.1, -0.05) is 24.3 Å². The predicted octanol–water partition coefficient (Wildman–Crippen LogP) is 4.98. The average molecular weight is 433 g/mol. The number of sulfonamides is 1. The molecule has 1 unspecified atom stereocenters. The van der Waals surface area contributed by atoms with E-state index >= 15 is 0 Å². The third-order valence-corrected chi connectivity index (χ3v) is 7.84. The van der Waals surface area contributed by atoms with Crippen LogP contribution >= 0.6 is 23.1 Å². The number of nitrogens with one attached hydrogen (secondary N) is 2. The van der Waals surface area contributed by atoms with Crippen LogP contribution in [0, 0.1) is 6.92 Å². The summed E-state index contributed by atoms with van der Waals surface area (Å²) in [6.07, 6.45) is 0. The average Bonchev–Trinajstić information content (AvgIpc) is 3.21. The number of amides is 1. The molecule has 0 spiro atoms. The number of rotatable bonds is 7. The van der Waals surface area contributed by atoms with E-state index in [9.17, 15) is 13.2 Å². The van der Waals surface area contributed by atoms with Crippen LogP contribution in [0.2, 0.25) is 0 Å². The third-order valence-electron chi connectivity index (χ3n) is 3.95. The van der Waals surface area contributed by atoms with E-state index in [4.69, 9.17) is 0 Å². The van der Waals surface area contributed by atoms with Crippen LogP contribution in [-0.4, -0.2) is 19.6 Å². The van der Waals surface area contributed by atoms with E-state index in [2.05, 4.69) is 10.0 Å². The molecule has 8 heteroatoms. The Balaban J connectivity index is 1.61. The van der Waals surface area contributed by atoms with Gasteiger partial charge < -0.3 is 5.32 Å². The normalized spacial score (nSPS) is 12.4. The Morgan fingerprint density at radius 1 is 1.04 bits per heavy atom. The molecule has 2 aromatic carbocycles. The number of hydrogen-bond acceptors (Lipinski definition) is 5. The number of carbonyl (C=O) groups is 1. The fourth-order valence-electron chi connectivity index (χ4n) is 2.43. The molecule has 0 fully saturated rings. The summed E-state index contributed by atoms with van der Waals surface area (Å²) in [7, 11) is -3.56. The molecule has 28 heavy (non-hydrogen) atoms. The van der Waals surface area contributed by atoms with Gasteiger partial charge >= 0.3 is 0 Å². The summed E-state index contributed by atoms with van der Waals surface area (Å²) in [5.74, 6) is -0.0817. The lowest BCUT2D eigenvalue weighted by atomic mass is 10.2. The van der Waals surface area contributed by atoms with Gasteiger partial charge in [0.05, 0.1) is 5.25 Å². The Morgan fingerprint density at radius 3 is 2.39 bits per heavy atom. The van der Waals surface area contributed by atoms with Crippen molar-refractivity contribution < 1.29 is 13.2 Å². The molecule has 0 saturated heterocycles. The van der Waals surface area contributed by atoms with Gasteiger partial charge in [-0.25, -0.2) is 8.42 Å². The maximum atomic E-state index is 12.4. The molecule has 1 amide bonds. The minimum Gasteiger partial charge on any atom is -0.325 e. The molecule has 146 valence electrons. The van der Waals surface area contributed by atoms with Crippen molar-refractivity contribution in [2.24, 2.45) is 0 Å². The van der Waals surface area contributed by atoms with Crippen molar-refractivity contribution in [1.82, 2.24) is 0 Å². The highest BCUT2D eigenvalue weighted by Gasteiger charge is 2.17. The number of anilines is 2. The van der Waals surface area contributed by atoms with Gasteiger partial charge in [0.1, 0.15) is 4.21 Å². The van der Waals surface area contributed by atoms with E-state index in [0.717, 1.165) is 16.1 Å². The van der Waals surface area contributed by atoms with Gasteiger partial charge in [0, 0.05) is 16.3 Å². The lowest BCUT2D eigenvalue weighted by Crippen LogP contribution is -2.22. The number of aryl methyl sites for hydroxylation is 1. The Kier molecular flexibility index (Phi) is 6.43. The molecule has 1 heterocycles. The zero-order valence-corrected chi connectivity index (χ0v) is 17.8. The van der Waals surface area contributed by atoms with Crippen molar-refractivity contribution in [3.05, 3.63) is 71.6 Å². The molecular weight excluding hydrogens is 412 g/mol. The molecule has 3 rings (SSSR count). The first-order valence-corrected chi connectivity index (χ1v) is 11.8. The van der Waals surface area contributed by atoms with Crippen molar-refractivity contribution in [3.8, 4) is 0 Å². The highest BCUT2D eigenvalue weighted by Crippen LogP contribution is 2.27. The predicted molar refractivity (Wildman–Crippen MR) is 117 cm³/mol. The molecule has 5 nitrogen and oxygen atoms in total. The van der Waals surface area contributed by atoms with Gasteiger partial charge in [-0.05, 0) is 61.2 Å². The van der Waals surface area contributed by atoms with E-state index in [1.165, 1.54) is 23.1 Å². The Hall–Kier alpha value is -2.29. The van der Waals surface area contributed by atoms with E-state index in [1.807, 2.05) is 38.1 Å². The smallest absolute Gasteiger partial charge is 0.271 e. The van der Waals surface area contributed by atoms with Gasteiger partial charge in [-0.3, -0.25) is 9.52 Å². The van der Waals surface area contributed by atoms with Gasteiger partial charge in [0.2, 0.25) is 5.91 Å². The fourth-order valence-corrected chi connectivity index (χ4v) is 5.35. The second kappa shape index (κ2) is 8.81.